The Morgan fingerprint density at radius 2 is 2.00 bits per heavy atom. The molecule has 12 heteroatoms. The van der Waals surface area contributed by atoms with Crippen LogP contribution in [0.15, 0.2) is 33.8 Å². The molecule has 1 aromatic carbocycles. The monoisotopic (exact) mass is 415 g/mol. The van der Waals surface area contributed by atoms with Gasteiger partial charge in [0.2, 0.25) is 17.7 Å². The van der Waals surface area contributed by atoms with Crippen molar-refractivity contribution in [2.24, 2.45) is 5.73 Å². The highest BCUT2D eigenvalue weighted by Crippen LogP contribution is 2.39. The minimum atomic E-state index is -0.465. The van der Waals surface area contributed by atoms with E-state index in [4.69, 9.17) is 10.2 Å². The van der Waals surface area contributed by atoms with E-state index in [0.717, 1.165) is 23.8 Å². The van der Waals surface area contributed by atoms with E-state index < -0.39 is 4.92 Å². The predicted molar refractivity (Wildman–Crippen MR) is 102 cm³/mol. The lowest BCUT2D eigenvalue weighted by Gasteiger charge is -2.07. The van der Waals surface area contributed by atoms with Crippen molar-refractivity contribution in [3.63, 3.8) is 0 Å². The summed E-state index contributed by atoms with van der Waals surface area (Å²) in [7, 11) is 0. The molecule has 0 atom stereocenters. The Morgan fingerprint density at radius 1 is 1.24 bits per heavy atom. The Bertz CT molecular complexity index is 1040. The SMILES string of the molecule is NC(=O)CCc1nnc(SCc2nnc(-c3ccc([N+](=O)[O-])cc3)o2)n1C1CC1. The number of non-ortho nitro benzene ring substituents is 1. The van der Waals surface area contributed by atoms with Gasteiger partial charge >= 0.3 is 0 Å². The van der Waals surface area contributed by atoms with Crippen LogP contribution >= 0.6 is 11.8 Å². The molecule has 2 heterocycles. The van der Waals surface area contributed by atoms with Gasteiger partial charge in [-0.15, -0.1) is 20.4 Å². The van der Waals surface area contributed by atoms with Crippen LogP contribution in [0.25, 0.3) is 11.5 Å². The number of rotatable bonds is 9. The largest absolute Gasteiger partial charge is 0.420 e. The Hall–Kier alpha value is -3.28. The third-order valence-corrected chi connectivity index (χ3v) is 5.29. The van der Waals surface area contributed by atoms with E-state index in [1.807, 2.05) is 0 Å². The summed E-state index contributed by atoms with van der Waals surface area (Å²) in [5, 5.41) is 27.9. The van der Waals surface area contributed by atoms with Crippen LogP contribution in [0, 0.1) is 10.1 Å². The molecule has 2 N–H and O–H groups in total. The molecule has 0 bridgehead atoms. The van der Waals surface area contributed by atoms with Gasteiger partial charge in [-0.3, -0.25) is 14.9 Å². The van der Waals surface area contributed by atoms with Crippen LogP contribution in [0.3, 0.4) is 0 Å². The molecule has 0 saturated heterocycles. The van der Waals surface area contributed by atoms with Crippen molar-refractivity contribution < 1.29 is 14.1 Å². The maximum Gasteiger partial charge on any atom is 0.269 e. The molecule has 150 valence electrons. The normalized spacial score (nSPS) is 13.5. The lowest BCUT2D eigenvalue weighted by molar-refractivity contribution is -0.384. The summed E-state index contributed by atoms with van der Waals surface area (Å²) < 4.78 is 7.72. The number of aromatic nitrogens is 5. The van der Waals surface area contributed by atoms with Gasteiger partial charge in [-0.05, 0) is 25.0 Å². The van der Waals surface area contributed by atoms with E-state index >= 15 is 0 Å². The van der Waals surface area contributed by atoms with Crippen LogP contribution in [0.1, 0.15) is 37.0 Å². The zero-order valence-electron chi connectivity index (χ0n) is 15.2. The molecule has 2 aromatic heterocycles. The van der Waals surface area contributed by atoms with Gasteiger partial charge in [0, 0.05) is 36.6 Å². The highest BCUT2D eigenvalue weighted by atomic mass is 32.2. The number of hydrogen-bond donors (Lipinski definition) is 1. The summed E-state index contributed by atoms with van der Waals surface area (Å²) in [4.78, 5) is 21.3. The summed E-state index contributed by atoms with van der Waals surface area (Å²) in [6.45, 7) is 0. The summed E-state index contributed by atoms with van der Waals surface area (Å²) in [6, 6.07) is 6.27. The first-order chi connectivity index (χ1) is 14.0. The molecule has 1 aliphatic rings. The average molecular weight is 415 g/mol. The number of carbonyl (C=O) groups is 1. The van der Waals surface area contributed by atoms with Crippen LogP contribution < -0.4 is 5.73 Å². The van der Waals surface area contributed by atoms with E-state index in [0.29, 0.717) is 35.6 Å². The molecule has 11 nitrogen and oxygen atoms in total. The number of amides is 1. The topological polar surface area (TPSA) is 156 Å². The van der Waals surface area contributed by atoms with Gasteiger partial charge in [0.1, 0.15) is 5.82 Å². The summed E-state index contributed by atoms with van der Waals surface area (Å²) >= 11 is 1.43. The maximum atomic E-state index is 11.1. The minimum Gasteiger partial charge on any atom is -0.420 e. The highest BCUT2D eigenvalue weighted by molar-refractivity contribution is 7.98. The van der Waals surface area contributed by atoms with Crippen molar-refractivity contribution in [1.29, 1.82) is 0 Å². The Labute approximate surface area is 168 Å². The fourth-order valence-corrected chi connectivity index (χ4v) is 3.65. The first-order valence-corrected chi connectivity index (χ1v) is 9.92. The zero-order valence-corrected chi connectivity index (χ0v) is 16.0. The van der Waals surface area contributed by atoms with Crippen LogP contribution in [0.5, 0.6) is 0 Å². The van der Waals surface area contributed by atoms with Crippen molar-refractivity contribution in [1.82, 2.24) is 25.0 Å². The summed E-state index contributed by atoms with van der Waals surface area (Å²) in [5.41, 5.74) is 5.84. The van der Waals surface area contributed by atoms with Gasteiger partial charge in [-0.25, -0.2) is 0 Å². The lowest BCUT2D eigenvalue weighted by atomic mass is 10.2. The second-order valence-electron chi connectivity index (χ2n) is 6.56. The van der Waals surface area contributed by atoms with Crippen molar-refractivity contribution in [3.8, 4) is 11.5 Å². The van der Waals surface area contributed by atoms with Gasteiger partial charge in [0.25, 0.3) is 5.69 Å². The average Bonchev–Trinajstić information content (AvgIpc) is 3.28. The summed E-state index contributed by atoms with van der Waals surface area (Å²) in [6.07, 6.45) is 2.81. The summed E-state index contributed by atoms with van der Waals surface area (Å²) in [5.74, 6) is 1.49. The van der Waals surface area contributed by atoms with E-state index in [1.165, 1.54) is 23.9 Å². The Balaban J connectivity index is 1.43. The van der Waals surface area contributed by atoms with Crippen molar-refractivity contribution in [2.45, 2.75) is 42.6 Å². The molecule has 0 unspecified atom stereocenters. The third kappa shape index (κ3) is 4.42. The molecule has 1 amide bonds. The third-order valence-electron chi connectivity index (χ3n) is 4.36. The second-order valence-corrected chi connectivity index (χ2v) is 7.50. The number of hydrogen-bond acceptors (Lipinski definition) is 9. The standard InChI is InChI=1S/C17H17N7O4S/c18-13(25)7-8-14-19-22-17(23(14)11-5-6-11)29-9-15-20-21-16(28-15)10-1-3-12(4-2-10)24(26)27/h1-4,11H,5-9H2,(H2,18,25). The van der Waals surface area contributed by atoms with Gasteiger partial charge in [0.05, 0.1) is 10.7 Å². The van der Waals surface area contributed by atoms with Crippen molar-refractivity contribution in [2.75, 3.05) is 0 Å². The van der Waals surface area contributed by atoms with Gasteiger partial charge in [-0.1, -0.05) is 11.8 Å². The molecule has 1 aliphatic carbocycles. The second kappa shape index (κ2) is 7.99. The molecule has 0 spiro atoms. The number of carbonyl (C=O) groups excluding carboxylic acids is 1. The number of nitro benzene ring substituents is 1. The van der Waals surface area contributed by atoms with Crippen LogP contribution in [-0.4, -0.2) is 35.8 Å². The lowest BCUT2D eigenvalue weighted by Crippen LogP contribution is -2.13. The number of nitrogens with zero attached hydrogens (tertiary/aromatic N) is 6. The molecule has 1 fully saturated rings. The number of thioether (sulfide) groups is 1. The van der Waals surface area contributed by atoms with Crippen molar-refractivity contribution >= 4 is 23.4 Å². The van der Waals surface area contributed by atoms with E-state index in [9.17, 15) is 14.9 Å². The van der Waals surface area contributed by atoms with Crippen molar-refractivity contribution in [3.05, 3.63) is 46.1 Å². The fourth-order valence-electron chi connectivity index (χ4n) is 2.79. The fraction of sp³-hybridized carbons (Fsp3) is 0.353. The van der Waals surface area contributed by atoms with E-state index in [1.54, 1.807) is 12.1 Å². The highest BCUT2D eigenvalue weighted by Gasteiger charge is 2.29. The zero-order chi connectivity index (χ0) is 20.4. The molecule has 0 aliphatic heterocycles. The van der Waals surface area contributed by atoms with Crippen LogP contribution in [0.2, 0.25) is 0 Å². The van der Waals surface area contributed by atoms with Crippen LogP contribution in [-0.2, 0) is 17.0 Å². The maximum absolute atomic E-state index is 11.1. The number of primary amides is 1. The molecular formula is C17H17N7O4S. The van der Waals surface area contributed by atoms with Gasteiger partial charge in [0.15, 0.2) is 5.16 Å². The van der Waals surface area contributed by atoms with E-state index in [2.05, 4.69) is 25.0 Å². The minimum absolute atomic E-state index is 0.00408. The molecule has 1 saturated carbocycles. The number of nitro groups is 1. The Morgan fingerprint density at radius 3 is 2.66 bits per heavy atom. The molecule has 29 heavy (non-hydrogen) atoms. The number of benzene rings is 1. The first kappa shape index (κ1) is 19.1. The molecular weight excluding hydrogens is 398 g/mol. The van der Waals surface area contributed by atoms with E-state index in [-0.39, 0.29) is 18.0 Å². The number of aryl methyl sites for hydroxylation is 1. The van der Waals surface area contributed by atoms with Gasteiger partial charge < -0.3 is 14.7 Å². The molecule has 3 aromatic rings. The molecule has 4 rings (SSSR count). The first-order valence-electron chi connectivity index (χ1n) is 8.93. The van der Waals surface area contributed by atoms with Crippen LogP contribution in [0.4, 0.5) is 5.69 Å². The number of nitrogens with two attached hydrogens (primary N) is 1. The Kier molecular flexibility index (Phi) is 5.25. The van der Waals surface area contributed by atoms with Gasteiger partial charge in [-0.2, -0.15) is 0 Å². The smallest absolute Gasteiger partial charge is 0.269 e. The molecule has 0 radical (unpaired) electrons. The predicted octanol–water partition coefficient (Wildman–Crippen LogP) is 2.28. The quantitative estimate of drug-likeness (QED) is 0.314.